The zero-order valence-electron chi connectivity index (χ0n) is 13.9. The number of hydrogen-bond acceptors (Lipinski definition) is 3. The van der Waals surface area contributed by atoms with Crippen molar-refractivity contribution in [2.45, 2.75) is 32.6 Å². The molecule has 0 radical (unpaired) electrons. The van der Waals surface area contributed by atoms with Crippen molar-refractivity contribution in [3.05, 3.63) is 71.8 Å². The fourth-order valence-corrected chi connectivity index (χ4v) is 2.33. The number of hydrogen-bond donors (Lipinski definition) is 0. The van der Waals surface area contributed by atoms with Crippen LogP contribution in [0.2, 0.25) is 0 Å². The number of carbonyl (C=O) groups is 2. The number of carbonyl (C=O) groups excluding carboxylic acids is 2. The summed E-state index contributed by atoms with van der Waals surface area (Å²) in [6.07, 6.45) is 6.66. The lowest BCUT2D eigenvalue weighted by molar-refractivity contribution is -0.131. The summed E-state index contributed by atoms with van der Waals surface area (Å²) in [7, 11) is 0. The Labute approximate surface area is 143 Å². The largest absolute Gasteiger partial charge is 0.427 e. The predicted molar refractivity (Wildman–Crippen MR) is 95.8 cm³/mol. The molecule has 0 aliphatic carbocycles. The predicted octanol–water partition coefficient (Wildman–Crippen LogP) is 4.61. The first-order valence-electron chi connectivity index (χ1n) is 8.14. The fraction of sp³-hybridized carbons (Fsp3) is 0.238. The van der Waals surface area contributed by atoms with E-state index in [9.17, 15) is 9.59 Å². The Morgan fingerprint density at radius 2 is 1.67 bits per heavy atom. The average molecular weight is 322 g/mol. The van der Waals surface area contributed by atoms with E-state index >= 15 is 0 Å². The van der Waals surface area contributed by atoms with Gasteiger partial charge in [-0.1, -0.05) is 54.6 Å². The van der Waals surface area contributed by atoms with Gasteiger partial charge >= 0.3 is 5.97 Å². The molecule has 0 atom stereocenters. The van der Waals surface area contributed by atoms with Crippen molar-refractivity contribution in [3.8, 4) is 5.75 Å². The highest BCUT2D eigenvalue weighted by Gasteiger charge is 2.03. The fourth-order valence-electron chi connectivity index (χ4n) is 2.33. The van der Waals surface area contributed by atoms with Crippen molar-refractivity contribution >= 4 is 17.8 Å². The lowest BCUT2D eigenvalue weighted by Crippen LogP contribution is -2.02. The topological polar surface area (TPSA) is 43.4 Å². The second kappa shape index (κ2) is 9.46. The first-order chi connectivity index (χ1) is 11.6. The quantitative estimate of drug-likeness (QED) is 0.526. The van der Waals surface area contributed by atoms with Crippen molar-refractivity contribution in [1.82, 2.24) is 0 Å². The molecule has 0 bridgehead atoms. The summed E-state index contributed by atoms with van der Waals surface area (Å²) in [6.45, 7) is 1.37. The van der Waals surface area contributed by atoms with Crippen LogP contribution in [-0.4, -0.2) is 11.8 Å². The highest BCUT2D eigenvalue weighted by molar-refractivity contribution is 5.78. The maximum atomic E-state index is 11.9. The van der Waals surface area contributed by atoms with Gasteiger partial charge in [0.2, 0.25) is 0 Å². The minimum atomic E-state index is -0.332. The van der Waals surface area contributed by atoms with Crippen LogP contribution in [0.3, 0.4) is 0 Å². The molecule has 0 unspecified atom stereocenters. The highest BCUT2D eigenvalue weighted by Crippen LogP contribution is 2.14. The van der Waals surface area contributed by atoms with Gasteiger partial charge in [0, 0.05) is 19.8 Å². The Kier molecular flexibility index (Phi) is 6.96. The molecule has 124 valence electrons. The second-order valence-electron chi connectivity index (χ2n) is 5.63. The van der Waals surface area contributed by atoms with Crippen molar-refractivity contribution in [2.75, 3.05) is 0 Å². The monoisotopic (exact) mass is 322 g/mol. The standard InChI is InChI=1S/C21H22O3/c1-17(22)24-21-15-12-19(13-16-21)11-14-20(23)10-6-5-9-18-7-3-2-4-8-18/h2-5,7-9,12-13,15-16H,6,10-11,14H2,1H3/b9-5+. The first kappa shape index (κ1) is 17.7. The molecular formula is C21H22O3. The summed E-state index contributed by atoms with van der Waals surface area (Å²) in [5, 5.41) is 0. The van der Waals surface area contributed by atoms with Crippen LogP contribution in [0.4, 0.5) is 0 Å². The number of ether oxygens (including phenoxy) is 1. The molecule has 0 fully saturated rings. The zero-order chi connectivity index (χ0) is 17.2. The molecule has 3 heteroatoms. The molecule has 2 aromatic carbocycles. The average Bonchev–Trinajstić information content (AvgIpc) is 2.58. The summed E-state index contributed by atoms with van der Waals surface area (Å²) in [5.74, 6) is 0.460. The highest BCUT2D eigenvalue weighted by atomic mass is 16.5. The van der Waals surface area contributed by atoms with Gasteiger partial charge in [-0.15, -0.1) is 0 Å². The van der Waals surface area contributed by atoms with Crippen LogP contribution < -0.4 is 4.74 Å². The molecule has 0 saturated heterocycles. The molecule has 0 saturated carbocycles. The molecule has 0 heterocycles. The van der Waals surface area contributed by atoms with E-state index in [1.54, 1.807) is 12.1 Å². The number of ketones is 1. The van der Waals surface area contributed by atoms with E-state index in [0.717, 1.165) is 17.5 Å². The molecule has 2 aromatic rings. The van der Waals surface area contributed by atoms with Crippen molar-refractivity contribution < 1.29 is 14.3 Å². The Balaban J connectivity index is 1.69. The number of rotatable bonds is 8. The summed E-state index contributed by atoms with van der Waals surface area (Å²) in [5.41, 5.74) is 2.22. The number of benzene rings is 2. The maximum absolute atomic E-state index is 11.9. The molecule has 2 rings (SSSR count). The molecule has 24 heavy (non-hydrogen) atoms. The Bertz CT molecular complexity index is 685. The lowest BCUT2D eigenvalue weighted by Gasteiger charge is -2.03. The van der Waals surface area contributed by atoms with Crippen LogP contribution in [0.25, 0.3) is 6.08 Å². The Hall–Kier alpha value is -2.68. The summed E-state index contributed by atoms with van der Waals surface area (Å²) in [4.78, 5) is 22.8. The number of Topliss-reactive ketones (excluding diaryl/α,β-unsaturated/α-hetero) is 1. The van der Waals surface area contributed by atoms with Crippen LogP contribution >= 0.6 is 0 Å². The van der Waals surface area contributed by atoms with Gasteiger partial charge in [-0.2, -0.15) is 0 Å². The van der Waals surface area contributed by atoms with Gasteiger partial charge in [0.1, 0.15) is 11.5 Å². The summed E-state index contributed by atoms with van der Waals surface area (Å²) < 4.78 is 4.98. The van der Waals surface area contributed by atoms with Gasteiger partial charge in [-0.25, -0.2) is 0 Å². The summed E-state index contributed by atoms with van der Waals surface area (Å²) >= 11 is 0. The molecule has 0 amide bonds. The number of esters is 1. The first-order valence-corrected chi connectivity index (χ1v) is 8.14. The number of allylic oxidation sites excluding steroid dienone is 1. The molecule has 0 aromatic heterocycles. The van der Waals surface area contributed by atoms with Gasteiger partial charge in [0.15, 0.2) is 0 Å². The van der Waals surface area contributed by atoms with Gasteiger partial charge in [-0.3, -0.25) is 9.59 Å². The van der Waals surface area contributed by atoms with E-state index in [-0.39, 0.29) is 11.8 Å². The molecule has 3 nitrogen and oxygen atoms in total. The zero-order valence-corrected chi connectivity index (χ0v) is 13.9. The third kappa shape index (κ3) is 6.61. The maximum Gasteiger partial charge on any atom is 0.308 e. The minimum absolute atomic E-state index is 0.261. The Morgan fingerprint density at radius 1 is 0.958 bits per heavy atom. The normalized spacial score (nSPS) is 10.7. The molecule has 0 spiro atoms. The van der Waals surface area contributed by atoms with E-state index in [1.165, 1.54) is 6.92 Å². The van der Waals surface area contributed by atoms with Crippen molar-refractivity contribution in [2.24, 2.45) is 0 Å². The minimum Gasteiger partial charge on any atom is -0.427 e. The third-order valence-corrected chi connectivity index (χ3v) is 3.58. The van der Waals surface area contributed by atoms with E-state index in [0.29, 0.717) is 25.0 Å². The summed E-state index contributed by atoms with van der Waals surface area (Å²) in [6, 6.07) is 17.3. The molecule has 0 aliphatic heterocycles. The van der Waals surface area contributed by atoms with Crippen LogP contribution in [-0.2, 0) is 16.0 Å². The van der Waals surface area contributed by atoms with Gasteiger partial charge < -0.3 is 4.74 Å². The number of aryl methyl sites for hydroxylation is 1. The van der Waals surface area contributed by atoms with Crippen molar-refractivity contribution in [3.63, 3.8) is 0 Å². The SMILES string of the molecule is CC(=O)Oc1ccc(CCC(=O)CC/C=C/c2ccccc2)cc1. The van der Waals surface area contributed by atoms with E-state index in [4.69, 9.17) is 4.74 Å². The second-order valence-corrected chi connectivity index (χ2v) is 5.63. The van der Waals surface area contributed by atoms with Crippen molar-refractivity contribution in [1.29, 1.82) is 0 Å². The van der Waals surface area contributed by atoms with Gasteiger partial charge in [0.05, 0.1) is 0 Å². The van der Waals surface area contributed by atoms with Crippen LogP contribution in [0.15, 0.2) is 60.7 Å². The smallest absolute Gasteiger partial charge is 0.308 e. The third-order valence-electron chi connectivity index (χ3n) is 3.58. The van der Waals surface area contributed by atoms with Crippen LogP contribution in [0.1, 0.15) is 37.3 Å². The molecule has 0 N–H and O–H groups in total. The van der Waals surface area contributed by atoms with Crippen LogP contribution in [0.5, 0.6) is 5.75 Å². The Morgan fingerprint density at radius 3 is 2.33 bits per heavy atom. The van der Waals surface area contributed by atoms with Gasteiger partial charge in [0.25, 0.3) is 0 Å². The van der Waals surface area contributed by atoms with E-state index in [2.05, 4.69) is 0 Å². The van der Waals surface area contributed by atoms with Gasteiger partial charge in [-0.05, 0) is 36.1 Å². The lowest BCUT2D eigenvalue weighted by atomic mass is 10.0. The van der Waals surface area contributed by atoms with Crippen LogP contribution in [0, 0.1) is 0 Å². The molecular weight excluding hydrogens is 300 g/mol. The van der Waals surface area contributed by atoms with E-state index < -0.39 is 0 Å². The molecule has 0 aliphatic rings. The van der Waals surface area contributed by atoms with E-state index in [1.807, 2.05) is 54.6 Å².